The number of rotatable bonds is 4. The molecule has 0 aliphatic carbocycles. The van der Waals surface area contributed by atoms with Crippen LogP contribution in [0.25, 0.3) is 10.9 Å². The summed E-state index contributed by atoms with van der Waals surface area (Å²) in [6, 6.07) is 10.8. The lowest BCUT2D eigenvalue weighted by Gasteiger charge is -2.35. The molecule has 0 unspecified atom stereocenters. The van der Waals surface area contributed by atoms with Crippen LogP contribution in [0, 0.1) is 10.1 Å². The van der Waals surface area contributed by atoms with Gasteiger partial charge >= 0.3 is 0 Å². The van der Waals surface area contributed by atoms with E-state index >= 15 is 0 Å². The predicted octanol–water partition coefficient (Wildman–Crippen LogP) is 2.12. The topological polar surface area (TPSA) is 80.3 Å². The minimum absolute atomic E-state index is 0.0919. The molecule has 128 valence electrons. The van der Waals surface area contributed by atoms with Crippen molar-refractivity contribution in [3.8, 4) is 0 Å². The van der Waals surface area contributed by atoms with E-state index in [2.05, 4.69) is 19.9 Å². The Kier molecular flexibility index (Phi) is 4.02. The summed E-state index contributed by atoms with van der Waals surface area (Å²) in [5, 5.41) is 16.3. The van der Waals surface area contributed by atoms with Crippen molar-refractivity contribution in [3.05, 3.63) is 58.9 Å². The molecule has 8 nitrogen and oxygen atoms in total. The van der Waals surface area contributed by atoms with Crippen LogP contribution in [0.4, 0.5) is 11.5 Å². The Morgan fingerprint density at radius 3 is 2.68 bits per heavy atom. The first kappa shape index (κ1) is 15.5. The molecule has 1 saturated heterocycles. The Morgan fingerprint density at radius 2 is 1.96 bits per heavy atom. The average molecular weight is 338 g/mol. The minimum atomic E-state index is -0.373. The predicted molar refractivity (Wildman–Crippen MR) is 94.4 cm³/mol. The Hall–Kier alpha value is -3.00. The molecule has 25 heavy (non-hydrogen) atoms. The van der Waals surface area contributed by atoms with Crippen LogP contribution in [0.3, 0.4) is 0 Å². The normalized spacial score (nSPS) is 15.6. The van der Waals surface area contributed by atoms with E-state index in [1.165, 1.54) is 6.07 Å². The standard InChI is InChI=1S/C17H18N6O2/c24-23(25)15-5-4-14-12-19-22(16(14)11-15)13-20-7-9-21(10-8-20)17-3-1-2-6-18-17/h1-6,11-12H,7-10,13H2. The number of pyridine rings is 1. The van der Waals surface area contributed by atoms with Crippen molar-refractivity contribution in [3.63, 3.8) is 0 Å². The second kappa shape index (κ2) is 6.48. The smallest absolute Gasteiger partial charge is 0.271 e. The summed E-state index contributed by atoms with van der Waals surface area (Å²) < 4.78 is 1.83. The van der Waals surface area contributed by atoms with Crippen LogP contribution in [0.2, 0.25) is 0 Å². The Morgan fingerprint density at radius 1 is 1.12 bits per heavy atom. The molecule has 0 spiro atoms. The van der Waals surface area contributed by atoms with Gasteiger partial charge in [0.05, 0.1) is 23.3 Å². The molecule has 0 saturated carbocycles. The van der Waals surface area contributed by atoms with Gasteiger partial charge in [-0.05, 0) is 18.2 Å². The first-order chi connectivity index (χ1) is 12.2. The van der Waals surface area contributed by atoms with Crippen molar-refractivity contribution < 1.29 is 4.92 Å². The quantitative estimate of drug-likeness (QED) is 0.535. The lowest BCUT2D eigenvalue weighted by atomic mass is 10.2. The second-order valence-corrected chi connectivity index (χ2v) is 6.08. The number of hydrogen-bond donors (Lipinski definition) is 0. The molecular formula is C17H18N6O2. The Balaban J connectivity index is 1.46. The molecule has 3 aromatic rings. The molecule has 4 rings (SSSR count). The molecule has 8 heteroatoms. The highest BCUT2D eigenvalue weighted by molar-refractivity contribution is 5.80. The lowest BCUT2D eigenvalue weighted by Crippen LogP contribution is -2.47. The van der Waals surface area contributed by atoms with Crippen molar-refractivity contribution in [2.24, 2.45) is 0 Å². The monoisotopic (exact) mass is 338 g/mol. The van der Waals surface area contributed by atoms with Crippen molar-refractivity contribution >= 4 is 22.4 Å². The third-order valence-electron chi connectivity index (χ3n) is 4.52. The highest BCUT2D eigenvalue weighted by Gasteiger charge is 2.19. The molecule has 3 heterocycles. The van der Waals surface area contributed by atoms with Gasteiger partial charge < -0.3 is 4.90 Å². The Labute approximate surface area is 144 Å². The van der Waals surface area contributed by atoms with E-state index in [1.54, 1.807) is 18.3 Å². The van der Waals surface area contributed by atoms with E-state index < -0.39 is 0 Å². The molecule has 0 amide bonds. The number of nitrogens with zero attached hydrogens (tertiary/aromatic N) is 6. The third-order valence-corrected chi connectivity index (χ3v) is 4.52. The van der Waals surface area contributed by atoms with Gasteiger partial charge in [0.1, 0.15) is 5.82 Å². The number of piperazine rings is 1. The Bertz CT molecular complexity index is 887. The lowest BCUT2D eigenvalue weighted by molar-refractivity contribution is -0.384. The van der Waals surface area contributed by atoms with Crippen LogP contribution in [0.15, 0.2) is 48.8 Å². The van der Waals surface area contributed by atoms with Crippen LogP contribution < -0.4 is 4.90 Å². The van der Waals surface area contributed by atoms with Crippen molar-refractivity contribution in [1.82, 2.24) is 19.7 Å². The van der Waals surface area contributed by atoms with Gasteiger partial charge in [-0.2, -0.15) is 5.10 Å². The summed E-state index contributed by atoms with van der Waals surface area (Å²) >= 11 is 0. The first-order valence-electron chi connectivity index (χ1n) is 8.19. The van der Waals surface area contributed by atoms with E-state index in [0.717, 1.165) is 42.9 Å². The second-order valence-electron chi connectivity index (χ2n) is 6.08. The molecule has 0 bridgehead atoms. The van der Waals surface area contributed by atoms with Gasteiger partial charge in [-0.1, -0.05) is 6.07 Å². The van der Waals surface area contributed by atoms with Crippen molar-refractivity contribution in [2.75, 3.05) is 31.1 Å². The first-order valence-corrected chi connectivity index (χ1v) is 8.19. The summed E-state index contributed by atoms with van der Waals surface area (Å²) in [4.78, 5) is 19.6. The molecule has 1 aromatic carbocycles. The number of nitro groups is 1. The maximum atomic E-state index is 11.0. The molecular weight excluding hydrogens is 320 g/mol. The molecule has 1 aliphatic rings. The summed E-state index contributed by atoms with van der Waals surface area (Å²) in [5.74, 6) is 1.00. The summed E-state index contributed by atoms with van der Waals surface area (Å²) in [5.41, 5.74) is 0.885. The number of nitro benzene ring substituents is 1. The van der Waals surface area contributed by atoms with Gasteiger partial charge in [0.15, 0.2) is 0 Å². The summed E-state index contributed by atoms with van der Waals surface area (Å²) in [7, 11) is 0. The third kappa shape index (κ3) is 3.16. The van der Waals surface area contributed by atoms with Crippen LogP contribution in [-0.4, -0.2) is 50.8 Å². The maximum absolute atomic E-state index is 11.0. The number of benzene rings is 1. The van der Waals surface area contributed by atoms with Gasteiger partial charge in [0, 0.05) is 49.9 Å². The van der Waals surface area contributed by atoms with E-state index in [0.29, 0.717) is 6.67 Å². The fourth-order valence-corrected chi connectivity index (χ4v) is 3.13. The van der Waals surface area contributed by atoms with Crippen LogP contribution in [-0.2, 0) is 6.67 Å². The SMILES string of the molecule is O=[N+]([O-])c1ccc2cnn(CN3CCN(c4ccccn4)CC3)c2c1. The van der Waals surface area contributed by atoms with E-state index in [4.69, 9.17) is 0 Å². The van der Waals surface area contributed by atoms with Crippen LogP contribution in [0.1, 0.15) is 0 Å². The van der Waals surface area contributed by atoms with Gasteiger partial charge in [0.25, 0.3) is 5.69 Å². The van der Waals surface area contributed by atoms with E-state index in [-0.39, 0.29) is 10.6 Å². The maximum Gasteiger partial charge on any atom is 0.271 e. The highest BCUT2D eigenvalue weighted by atomic mass is 16.6. The minimum Gasteiger partial charge on any atom is -0.354 e. The summed E-state index contributed by atoms with van der Waals surface area (Å²) in [6.07, 6.45) is 3.56. The number of fused-ring (bicyclic) bond motifs is 1. The van der Waals surface area contributed by atoms with Gasteiger partial charge in [0.2, 0.25) is 0 Å². The average Bonchev–Trinajstić information content (AvgIpc) is 3.05. The number of hydrogen-bond acceptors (Lipinski definition) is 6. The number of non-ortho nitro benzene ring substituents is 1. The van der Waals surface area contributed by atoms with Crippen LogP contribution >= 0.6 is 0 Å². The van der Waals surface area contributed by atoms with Crippen LogP contribution in [0.5, 0.6) is 0 Å². The molecule has 0 radical (unpaired) electrons. The highest BCUT2D eigenvalue weighted by Crippen LogP contribution is 2.21. The fourth-order valence-electron chi connectivity index (χ4n) is 3.13. The van der Waals surface area contributed by atoms with Gasteiger partial charge in [-0.25, -0.2) is 4.98 Å². The molecule has 1 fully saturated rings. The fraction of sp³-hybridized carbons (Fsp3) is 0.294. The number of anilines is 1. The van der Waals surface area contributed by atoms with Crippen molar-refractivity contribution in [2.45, 2.75) is 6.67 Å². The van der Waals surface area contributed by atoms with Gasteiger partial charge in [-0.3, -0.25) is 19.7 Å². The van der Waals surface area contributed by atoms with Crippen molar-refractivity contribution in [1.29, 1.82) is 0 Å². The largest absolute Gasteiger partial charge is 0.354 e. The molecule has 1 aliphatic heterocycles. The zero-order valence-electron chi connectivity index (χ0n) is 13.7. The molecule has 0 atom stereocenters. The zero-order valence-corrected chi connectivity index (χ0v) is 13.7. The van der Waals surface area contributed by atoms with Gasteiger partial charge in [-0.15, -0.1) is 0 Å². The molecule has 0 N–H and O–H groups in total. The van der Waals surface area contributed by atoms with E-state index in [1.807, 2.05) is 29.1 Å². The molecule has 2 aromatic heterocycles. The summed E-state index contributed by atoms with van der Waals surface area (Å²) in [6.45, 7) is 4.22. The van der Waals surface area contributed by atoms with E-state index in [9.17, 15) is 10.1 Å². The zero-order chi connectivity index (χ0) is 17.2. The number of aromatic nitrogens is 3.